The molecule has 0 saturated carbocycles. The van der Waals surface area contributed by atoms with E-state index in [1.807, 2.05) is 26.8 Å². The third-order valence-corrected chi connectivity index (χ3v) is 4.34. The molecule has 2 bridgehead atoms. The average molecular weight is 318 g/mol. The number of piperazine rings is 1. The molecule has 0 radical (unpaired) electrons. The van der Waals surface area contributed by atoms with Crippen molar-refractivity contribution < 1.29 is 19.4 Å². The maximum absolute atomic E-state index is 12.2. The highest BCUT2D eigenvalue weighted by molar-refractivity contribution is 5.80. The van der Waals surface area contributed by atoms with Crippen molar-refractivity contribution in [1.82, 2.24) is 4.90 Å². The quantitative estimate of drug-likeness (QED) is 0.848. The SMILES string of the molecule is CC(C)(C)OC(=O)N1C[C@@H]2C[C@@H]1CN2c1ccc(C=O)c(O)c1. The summed E-state index contributed by atoms with van der Waals surface area (Å²) in [4.78, 5) is 27.0. The maximum atomic E-state index is 12.2. The molecule has 2 fully saturated rings. The summed E-state index contributed by atoms with van der Waals surface area (Å²) in [6, 6.07) is 5.41. The lowest BCUT2D eigenvalue weighted by Gasteiger charge is -2.36. The van der Waals surface area contributed by atoms with Crippen molar-refractivity contribution in [1.29, 1.82) is 0 Å². The summed E-state index contributed by atoms with van der Waals surface area (Å²) in [5, 5.41) is 9.85. The van der Waals surface area contributed by atoms with E-state index in [2.05, 4.69) is 4.90 Å². The van der Waals surface area contributed by atoms with Crippen LogP contribution in [0.3, 0.4) is 0 Å². The fourth-order valence-electron chi connectivity index (χ4n) is 3.34. The Morgan fingerprint density at radius 3 is 2.57 bits per heavy atom. The number of rotatable bonds is 2. The van der Waals surface area contributed by atoms with E-state index < -0.39 is 5.60 Å². The van der Waals surface area contributed by atoms with Crippen LogP contribution in [0.2, 0.25) is 0 Å². The summed E-state index contributed by atoms with van der Waals surface area (Å²) < 4.78 is 5.45. The first kappa shape index (κ1) is 15.6. The van der Waals surface area contributed by atoms with Crippen LogP contribution in [-0.2, 0) is 4.74 Å². The maximum Gasteiger partial charge on any atom is 0.410 e. The van der Waals surface area contributed by atoms with Crippen molar-refractivity contribution in [2.45, 2.75) is 44.9 Å². The number of aldehydes is 1. The van der Waals surface area contributed by atoms with Gasteiger partial charge < -0.3 is 19.6 Å². The molecule has 2 aliphatic rings. The van der Waals surface area contributed by atoms with Gasteiger partial charge in [0.1, 0.15) is 11.4 Å². The molecule has 2 aliphatic heterocycles. The fourth-order valence-corrected chi connectivity index (χ4v) is 3.34. The summed E-state index contributed by atoms with van der Waals surface area (Å²) in [6.07, 6.45) is 1.28. The Balaban J connectivity index is 1.70. The molecule has 0 aliphatic carbocycles. The van der Waals surface area contributed by atoms with Crippen LogP contribution in [0.15, 0.2) is 18.2 Å². The van der Waals surface area contributed by atoms with E-state index in [-0.39, 0.29) is 29.5 Å². The standard InChI is InChI=1S/C17H22N2O4/c1-17(2,3)23-16(22)19-9-13-6-14(19)8-18(13)12-5-4-11(10-20)15(21)7-12/h4-5,7,10,13-14,21H,6,8-9H2,1-3H3/t13-,14+/m0/s1. The minimum atomic E-state index is -0.491. The Morgan fingerprint density at radius 2 is 2.04 bits per heavy atom. The van der Waals surface area contributed by atoms with Gasteiger partial charge in [-0.3, -0.25) is 4.79 Å². The molecule has 1 aromatic rings. The zero-order chi connectivity index (χ0) is 16.8. The minimum Gasteiger partial charge on any atom is -0.507 e. The average Bonchev–Trinajstić information content (AvgIpc) is 3.05. The lowest BCUT2D eigenvalue weighted by atomic mass is 10.1. The molecule has 23 heavy (non-hydrogen) atoms. The van der Waals surface area contributed by atoms with E-state index >= 15 is 0 Å². The van der Waals surface area contributed by atoms with Crippen molar-refractivity contribution >= 4 is 18.1 Å². The van der Waals surface area contributed by atoms with Gasteiger partial charge >= 0.3 is 6.09 Å². The Hall–Kier alpha value is -2.24. The first-order valence-corrected chi connectivity index (χ1v) is 7.83. The molecule has 124 valence electrons. The molecule has 1 N–H and O–H groups in total. The minimum absolute atomic E-state index is 0.00993. The number of anilines is 1. The molecule has 6 nitrogen and oxygen atoms in total. The lowest BCUT2D eigenvalue weighted by Crippen LogP contribution is -2.50. The van der Waals surface area contributed by atoms with Crippen LogP contribution < -0.4 is 4.90 Å². The number of phenolic OH excluding ortho intramolecular Hbond substituents is 1. The summed E-state index contributed by atoms with van der Waals surface area (Å²) in [7, 11) is 0. The Bertz CT molecular complexity index is 638. The molecule has 3 rings (SSSR count). The number of benzene rings is 1. The zero-order valence-electron chi connectivity index (χ0n) is 13.7. The number of nitrogens with zero attached hydrogens (tertiary/aromatic N) is 2. The lowest BCUT2D eigenvalue weighted by molar-refractivity contribution is 0.0214. The Morgan fingerprint density at radius 1 is 1.30 bits per heavy atom. The van der Waals surface area contributed by atoms with Crippen LogP contribution in [0.4, 0.5) is 10.5 Å². The van der Waals surface area contributed by atoms with E-state index in [1.54, 1.807) is 17.0 Å². The predicted molar refractivity (Wildman–Crippen MR) is 86.0 cm³/mol. The summed E-state index contributed by atoms with van der Waals surface area (Å²) in [5.41, 5.74) is 0.674. The number of fused-ring (bicyclic) bond motifs is 2. The van der Waals surface area contributed by atoms with E-state index in [4.69, 9.17) is 4.74 Å². The van der Waals surface area contributed by atoms with Gasteiger partial charge in [-0.25, -0.2) is 4.79 Å². The summed E-state index contributed by atoms with van der Waals surface area (Å²) in [5.74, 6) is -0.00993. The van der Waals surface area contributed by atoms with Gasteiger partial charge in [0.2, 0.25) is 0 Å². The van der Waals surface area contributed by atoms with Gasteiger partial charge in [-0.2, -0.15) is 0 Å². The molecule has 1 aromatic carbocycles. The highest BCUT2D eigenvalue weighted by atomic mass is 16.6. The number of carbonyl (C=O) groups excluding carboxylic acids is 2. The molecule has 0 unspecified atom stereocenters. The normalized spacial score (nSPS) is 23.3. The highest BCUT2D eigenvalue weighted by Gasteiger charge is 2.46. The van der Waals surface area contributed by atoms with Crippen molar-refractivity contribution in [2.24, 2.45) is 0 Å². The molecule has 2 saturated heterocycles. The van der Waals surface area contributed by atoms with Gasteiger partial charge in [0.25, 0.3) is 0 Å². The van der Waals surface area contributed by atoms with Crippen LogP contribution in [0.1, 0.15) is 37.6 Å². The largest absolute Gasteiger partial charge is 0.507 e. The first-order valence-electron chi connectivity index (χ1n) is 7.83. The van der Waals surface area contributed by atoms with Crippen LogP contribution >= 0.6 is 0 Å². The van der Waals surface area contributed by atoms with Gasteiger partial charge in [0, 0.05) is 30.9 Å². The van der Waals surface area contributed by atoms with E-state index in [0.717, 1.165) is 12.1 Å². The second-order valence-corrected chi connectivity index (χ2v) is 7.19. The topological polar surface area (TPSA) is 70.1 Å². The van der Waals surface area contributed by atoms with Crippen molar-refractivity contribution in [3.63, 3.8) is 0 Å². The van der Waals surface area contributed by atoms with Crippen molar-refractivity contribution in [3.05, 3.63) is 23.8 Å². The van der Waals surface area contributed by atoms with E-state index in [0.29, 0.717) is 19.4 Å². The number of hydrogen-bond acceptors (Lipinski definition) is 5. The number of ether oxygens (including phenoxy) is 1. The van der Waals surface area contributed by atoms with Crippen molar-refractivity contribution in [3.8, 4) is 5.75 Å². The number of hydrogen-bond donors (Lipinski definition) is 1. The molecule has 0 aromatic heterocycles. The highest BCUT2D eigenvalue weighted by Crippen LogP contribution is 2.36. The van der Waals surface area contributed by atoms with Crippen LogP contribution in [0.5, 0.6) is 5.75 Å². The number of likely N-dealkylation sites (tertiary alicyclic amines) is 1. The number of amides is 1. The second kappa shape index (κ2) is 5.44. The number of phenols is 1. The van der Waals surface area contributed by atoms with Gasteiger partial charge in [-0.15, -0.1) is 0 Å². The molecule has 2 heterocycles. The van der Waals surface area contributed by atoms with Crippen LogP contribution in [0.25, 0.3) is 0 Å². The third kappa shape index (κ3) is 2.98. The van der Waals surface area contributed by atoms with Gasteiger partial charge in [0.15, 0.2) is 6.29 Å². The van der Waals surface area contributed by atoms with Gasteiger partial charge in [-0.05, 0) is 39.3 Å². The van der Waals surface area contributed by atoms with Gasteiger partial charge in [0.05, 0.1) is 11.6 Å². The summed E-state index contributed by atoms with van der Waals surface area (Å²) >= 11 is 0. The molecular formula is C17H22N2O4. The third-order valence-electron chi connectivity index (χ3n) is 4.34. The number of aromatic hydroxyl groups is 1. The van der Waals surface area contributed by atoms with Crippen LogP contribution in [-0.4, -0.2) is 53.2 Å². The fraction of sp³-hybridized carbons (Fsp3) is 0.529. The zero-order valence-corrected chi connectivity index (χ0v) is 13.7. The smallest absolute Gasteiger partial charge is 0.410 e. The second-order valence-electron chi connectivity index (χ2n) is 7.19. The molecule has 2 atom stereocenters. The number of carbonyl (C=O) groups is 2. The molecule has 1 amide bonds. The molecular weight excluding hydrogens is 296 g/mol. The summed E-state index contributed by atoms with van der Waals surface area (Å²) in [6.45, 7) is 6.92. The monoisotopic (exact) mass is 318 g/mol. The van der Waals surface area contributed by atoms with Gasteiger partial charge in [-0.1, -0.05) is 0 Å². The Labute approximate surface area is 135 Å². The first-order chi connectivity index (χ1) is 10.8. The molecule has 0 spiro atoms. The molecule has 6 heteroatoms. The van der Waals surface area contributed by atoms with E-state index in [1.165, 1.54) is 0 Å². The van der Waals surface area contributed by atoms with E-state index in [9.17, 15) is 14.7 Å². The van der Waals surface area contributed by atoms with Crippen LogP contribution in [0, 0.1) is 0 Å². The Kier molecular flexibility index (Phi) is 3.70. The predicted octanol–water partition coefficient (Wildman–Crippen LogP) is 2.40. The van der Waals surface area contributed by atoms with Crippen molar-refractivity contribution in [2.75, 3.05) is 18.0 Å².